The van der Waals surface area contributed by atoms with E-state index >= 15 is 0 Å². The zero-order valence-corrected chi connectivity index (χ0v) is 26.3. The van der Waals surface area contributed by atoms with Crippen molar-refractivity contribution in [2.75, 3.05) is 65.2 Å². The first-order chi connectivity index (χ1) is 21.7. The molecule has 1 aliphatic heterocycles. The van der Waals surface area contributed by atoms with Crippen LogP contribution in [0.2, 0.25) is 0 Å². The van der Waals surface area contributed by atoms with E-state index in [4.69, 9.17) is 28.4 Å². The monoisotopic (exact) mass is 608 g/mol. The molecule has 240 valence electrons. The van der Waals surface area contributed by atoms with Crippen LogP contribution in [0.1, 0.15) is 54.7 Å². The lowest BCUT2D eigenvalue weighted by Crippen LogP contribution is -2.38. The van der Waals surface area contributed by atoms with Crippen molar-refractivity contribution in [3.05, 3.63) is 71.8 Å². The fourth-order valence-electron chi connectivity index (χ4n) is 6.14. The Morgan fingerprint density at radius 2 is 1.64 bits per heavy atom. The first kappa shape index (κ1) is 32.4. The number of rotatable bonds is 18. The van der Waals surface area contributed by atoms with Crippen LogP contribution in [-0.2, 0) is 43.4 Å². The molecule has 2 aromatic carbocycles. The highest BCUT2D eigenvalue weighted by atomic mass is 16.5. The summed E-state index contributed by atoms with van der Waals surface area (Å²) in [4.78, 5) is 6.44. The van der Waals surface area contributed by atoms with E-state index < -0.39 is 0 Å². The minimum atomic E-state index is 0.0537. The zero-order chi connectivity index (χ0) is 30.4. The van der Waals surface area contributed by atoms with Gasteiger partial charge in [-0.05, 0) is 60.9 Å². The molecule has 0 spiro atoms. The molecule has 0 unspecified atom stereocenters. The summed E-state index contributed by atoms with van der Waals surface area (Å²) in [5.41, 5.74) is 4.70. The molecular weight excluding hydrogens is 560 g/mol. The molecule has 2 aliphatic rings. The summed E-state index contributed by atoms with van der Waals surface area (Å²) in [6, 6.07) is 15.2. The molecule has 10 heteroatoms. The average molecular weight is 609 g/mol. The SMILES string of the molecule is COCCCN1CCOc2ccc(CO[C@H]3CCC[C@@H](OCCCn4cncn4)[C@@H]3c3ccc(COCCOC)cc3)cc21. The number of aryl methyl sites for hydroxylation is 1. The third-order valence-corrected chi connectivity index (χ3v) is 8.40. The van der Waals surface area contributed by atoms with Crippen molar-refractivity contribution in [3.8, 4) is 5.75 Å². The van der Waals surface area contributed by atoms with Gasteiger partial charge in [-0.25, -0.2) is 4.98 Å². The third kappa shape index (κ3) is 9.25. The van der Waals surface area contributed by atoms with Crippen LogP contribution in [-0.4, -0.2) is 87.3 Å². The molecule has 2 heterocycles. The second kappa shape index (κ2) is 17.5. The highest BCUT2D eigenvalue weighted by Gasteiger charge is 2.36. The number of aromatic nitrogens is 3. The normalized spacial score (nSPS) is 20.0. The van der Waals surface area contributed by atoms with Crippen LogP contribution < -0.4 is 9.64 Å². The van der Waals surface area contributed by atoms with E-state index in [0.29, 0.717) is 39.6 Å². The van der Waals surface area contributed by atoms with Crippen molar-refractivity contribution in [1.82, 2.24) is 14.8 Å². The smallest absolute Gasteiger partial charge is 0.142 e. The van der Waals surface area contributed by atoms with Gasteiger partial charge in [0.15, 0.2) is 0 Å². The van der Waals surface area contributed by atoms with Gasteiger partial charge in [0.2, 0.25) is 0 Å². The number of ether oxygens (including phenoxy) is 6. The van der Waals surface area contributed by atoms with Gasteiger partial charge in [0.05, 0.1) is 50.9 Å². The lowest BCUT2D eigenvalue weighted by Gasteiger charge is -2.38. The Morgan fingerprint density at radius 3 is 2.43 bits per heavy atom. The van der Waals surface area contributed by atoms with Crippen molar-refractivity contribution >= 4 is 5.69 Å². The number of anilines is 1. The van der Waals surface area contributed by atoms with Crippen LogP contribution in [0.5, 0.6) is 5.75 Å². The van der Waals surface area contributed by atoms with E-state index in [1.807, 2.05) is 4.68 Å². The summed E-state index contributed by atoms with van der Waals surface area (Å²) in [7, 11) is 3.44. The quantitative estimate of drug-likeness (QED) is 0.185. The van der Waals surface area contributed by atoms with E-state index in [-0.39, 0.29) is 18.1 Å². The van der Waals surface area contributed by atoms with E-state index in [1.165, 1.54) is 5.56 Å². The molecule has 0 N–H and O–H groups in total. The van der Waals surface area contributed by atoms with E-state index in [9.17, 15) is 0 Å². The molecule has 3 aromatic rings. The Kier molecular flexibility index (Phi) is 12.8. The van der Waals surface area contributed by atoms with Crippen molar-refractivity contribution in [2.24, 2.45) is 0 Å². The first-order valence-corrected chi connectivity index (χ1v) is 16.0. The van der Waals surface area contributed by atoms with Crippen molar-refractivity contribution in [3.63, 3.8) is 0 Å². The lowest BCUT2D eigenvalue weighted by atomic mass is 9.79. The summed E-state index contributed by atoms with van der Waals surface area (Å²) in [6.07, 6.45) is 8.42. The Labute approximate surface area is 261 Å². The minimum Gasteiger partial charge on any atom is -0.490 e. The summed E-state index contributed by atoms with van der Waals surface area (Å²) >= 11 is 0. The number of hydrogen-bond acceptors (Lipinski definition) is 9. The molecular formula is C34H48N4O6. The van der Waals surface area contributed by atoms with Gasteiger partial charge in [0.1, 0.15) is 25.0 Å². The highest BCUT2D eigenvalue weighted by Crippen LogP contribution is 2.39. The maximum atomic E-state index is 6.76. The Morgan fingerprint density at radius 1 is 0.841 bits per heavy atom. The van der Waals surface area contributed by atoms with Crippen LogP contribution in [0, 0.1) is 0 Å². The molecule has 0 amide bonds. The number of nitrogens with zero attached hydrogens (tertiary/aromatic N) is 4. The van der Waals surface area contributed by atoms with Gasteiger partial charge in [-0.15, -0.1) is 0 Å². The highest BCUT2D eigenvalue weighted by molar-refractivity contribution is 5.61. The van der Waals surface area contributed by atoms with Gasteiger partial charge < -0.3 is 33.3 Å². The number of benzene rings is 2. The third-order valence-electron chi connectivity index (χ3n) is 8.40. The summed E-state index contributed by atoms with van der Waals surface area (Å²) < 4.78 is 37.3. The standard InChI is InChI=1S/C34H48N4O6/c1-39-17-4-14-37-16-19-43-31-13-10-28(22-30(31)37)24-44-33-7-3-6-32(42-18-5-15-38-26-35-25-36-38)34(33)29-11-8-27(9-12-29)23-41-21-20-40-2/h8-13,22,25-26,32-34H,3-7,14-21,23-24H2,1-2H3/t32-,33+,34+/m1/s1. The Balaban J connectivity index is 1.25. The molecule has 1 aromatic heterocycles. The van der Waals surface area contributed by atoms with Gasteiger partial charge in [-0.2, -0.15) is 5.10 Å². The van der Waals surface area contributed by atoms with Gasteiger partial charge in [0, 0.05) is 46.4 Å². The molecule has 10 nitrogen and oxygen atoms in total. The van der Waals surface area contributed by atoms with Crippen LogP contribution in [0.15, 0.2) is 55.1 Å². The summed E-state index contributed by atoms with van der Waals surface area (Å²) in [5, 5.41) is 4.21. The van der Waals surface area contributed by atoms with Gasteiger partial charge in [-0.3, -0.25) is 4.68 Å². The molecule has 3 atom stereocenters. The predicted octanol–water partition coefficient (Wildman–Crippen LogP) is 5.00. The molecule has 0 saturated heterocycles. The maximum absolute atomic E-state index is 6.76. The van der Waals surface area contributed by atoms with Crippen LogP contribution in [0.4, 0.5) is 5.69 Å². The minimum absolute atomic E-state index is 0.0537. The maximum Gasteiger partial charge on any atom is 0.142 e. The number of methoxy groups -OCH3 is 2. The van der Waals surface area contributed by atoms with Crippen LogP contribution in [0.3, 0.4) is 0 Å². The van der Waals surface area contributed by atoms with Crippen molar-refractivity contribution in [1.29, 1.82) is 0 Å². The van der Waals surface area contributed by atoms with Gasteiger partial charge in [0.25, 0.3) is 0 Å². The van der Waals surface area contributed by atoms with Crippen molar-refractivity contribution in [2.45, 2.75) is 70.0 Å². The predicted molar refractivity (Wildman–Crippen MR) is 168 cm³/mol. The molecule has 1 saturated carbocycles. The zero-order valence-electron chi connectivity index (χ0n) is 26.3. The van der Waals surface area contributed by atoms with E-state index in [2.05, 4.69) is 57.4 Å². The lowest BCUT2D eigenvalue weighted by molar-refractivity contribution is -0.0700. The molecule has 44 heavy (non-hydrogen) atoms. The van der Waals surface area contributed by atoms with E-state index in [0.717, 1.165) is 80.9 Å². The van der Waals surface area contributed by atoms with Crippen LogP contribution in [0.25, 0.3) is 0 Å². The number of fused-ring (bicyclic) bond motifs is 1. The second-order valence-corrected chi connectivity index (χ2v) is 11.5. The van der Waals surface area contributed by atoms with Gasteiger partial charge >= 0.3 is 0 Å². The molecule has 5 rings (SSSR count). The molecule has 0 radical (unpaired) electrons. The fraction of sp³-hybridized carbons (Fsp3) is 0.588. The summed E-state index contributed by atoms with van der Waals surface area (Å²) in [5.74, 6) is 1.09. The first-order valence-electron chi connectivity index (χ1n) is 16.0. The molecule has 1 aliphatic carbocycles. The average Bonchev–Trinajstić information content (AvgIpc) is 3.58. The second-order valence-electron chi connectivity index (χ2n) is 11.5. The van der Waals surface area contributed by atoms with Gasteiger partial charge in [-0.1, -0.05) is 30.3 Å². The molecule has 1 fully saturated rings. The fourth-order valence-corrected chi connectivity index (χ4v) is 6.14. The Hall–Kier alpha value is -3.02. The largest absolute Gasteiger partial charge is 0.490 e. The molecule has 0 bridgehead atoms. The van der Waals surface area contributed by atoms with Crippen LogP contribution >= 0.6 is 0 Å². The van der Waals surface area contributed by atoms with E-state index in [1.54, 1.807) is 26.9 Å². The topological polar surface area (TPSA) is 89.3 Å². The summed E-state index contributed by atoms with van der Waals surface area (Å²) in [6.45, 7) is 7.05. The van der Waals surface area contributed by atoms with Crippen molar-refractivity contribution < 1.29 is 28.4 Å². The Bertz CT molecular complexity index is 1230. The number of hydrogen-bond donors (Lipinski definition) is 0.